The van der Waals surface area contributed by atoms with Crippen LogP contribution < -0.4 is 19.5 Å². The molecular weight excluding hydrogens is 618 g/mol. The van der Waals surface area contributed by atoms with Crippen LogP contribution in [0.5, 0.6) is 17.2 Å². The maximum atomic E-state index is 13.6. The zero-order chi connectivity index (χ0) is 31.4. The van der Waals surface area contributed by atoms with Gasteiger partial charge < -0.3 is 29.2 Å². The lowest BCUT2D eigenvalue weighted by Gasteiger charge is -2.47. The molecule has 2 aliphatic rings. The van der Waals surface area contributed by atoms with E-state index in [1.54, 1.807) is 37.4 Å². The lowest BCUT2D eigenvalue weighted by Crippen LogP contribution is -2.51. The Morgan fingerprint density at radius 2 is 1.87 bits per heavy atom. The highest BCUT2D eigenvalue weighted by atomic mass is 35.5. The van der Waals surface area contributed by atoms with Crippen LogP contribution in [0.4, 0.5) is 15.8 Å². The molecule has 1 spiro atoms. The molecule has 234 valence electrons. The Morgan fingerprint density at radius 1 is 1.04 bits per heavy atom. The van der Waals surface area contributed by atoms with E-state index in [1.807, 2.05) is 6.07 Å². The number of pyridine rings is 1. The number of nitriles is 1. The van der Waals surface area contributed by atoms with Gasteiger partial charge in [0.2, 0.25) is 0 Å². The minimum atomic E-state index is -0.353. The molecule has 4 aromatic rings. The summed E-state index contributed by atoms with van der Waals surface area (Å²) >= 11 is 13.0. The van der Waals surface area contributed by atoms with Gasteiger partial charge in [-0.05, 0) is 62.2 Å². The molecule has 1 aromatic heterocycles. The first-order chi connectivity index (χ1) is 21.9. The molecule has 2 fully saturated rings. The van der Waals surface area contributed by atoms with Crippen molar-refractivity contribution in [3.05, 3.63) is 81.7 Å². The van der Waals surface area contributed by atoms with Crippen LogP contribution in [0.1, 0.15) is 30.4 Å². The molecule has 0 aliphatic carbocycles. The number of rotatable bonds is 11. The number of aromatic nitrogens is 1. The number of ether oxygens (including phenoxy) is 4. The summed E-state index contributed by atoms with van der Waals surface area (Å²) in [6.07, 6.45) is 4.78. The van der Waals surface area contributed by atoms with Gasteiger partial charge in [-0.3, -0.25) is 4.98 Å². The number of fused-ring (bicyclic) bond motifs is 1. The fraction of sp³-hybridized carbons (Fsp3) is 0.353. The van der Waals surface area contributed by atoms with Crippen molar-refractivity contribution < 1.29 is 23.3 Å². The largest absolute Gasteiger partial charge is 0.493 e. The highest BCUT2D eigenvalue weighted by Gasteiger charge is 2.40. The average Bonchev–Trinajstić information content (AvgIpc) is 3.03. The number of piperidine rings is 1. The molecule has 0 saturated carbocycles. The zero-order valence-electron chi connectivity index (χ0n) is 24.9. The molecule has 1 N–H and O–H groups in total. The molecule has 0 amide bonds. The van der Waals surface area contributed by atoms with E-state index in [0.29, 0.717) is 72.7 Å². The molecule has 0 atom stereocenters. The lowest BCUT2D eigenvalue weighted by atomic mass is 9.77. The van der Waals surface area contributed by atoms with Gasteiger partial charge in [0.15, 0.2) is 11.5 Å². The number of nitrogens with zero attached hydrogens (tertiary/aromatic N) is 3. The van der Waals surface area contributed by atoms with Gasteiger partial charge in [0.1, 0.15) is 24.2 Å². The Balaban J connectivity index is 1.17. The lowest BCUT2D eigenvalue weighted by molar-refractivity contribution is -0.139. The van der Waals surface area contributed by atoms with Crippen LogP contribution >= 0.6 is 23.2 Å². The summed E-state index contributed by atoms with van der Waals surface area (Å²) in [4.78, 5) is 7.01. The summed E-state index contributed by atoms with van der Waals surface area (Å²) in [6.45, 7) is 5.63. The Hall–Kier alpha value is -3.81. The van der Waals surface area contributed by atoms with Crippen LogP contribution in [0.25, 0.3) is 10.9 Å². The quantitative estimate of drug-likeness (QED) is 0.165. The van der Waals surface area contributed by atoms with E-state index < -0.39 is 0 Å². The fourth-order valence-electron chi connectivity index (χ4n) is 5.75. The molecule has 0 bridgehead atoms. The van der Waals surface area contributed by atoms with Crippen molar-refractivity contribution in [1.29, 1.82) is 5.26 Å². The molecule has 0 radical (unpaired) electrons. The Bertz CT molecular complexity index is 1730. The third-order valence-corrected chi connectivity index (χ3v) is 9.06. The summed E-state index contributed by atoms with van der Waals surface area (Å²) in [5, 5.41) is 14.5. The number of benzene rings is 3. The second kappa shape index (κ2) is 13.7. The Labute approximate surface area is 271 Å². The first kappa shape index (κ1) is 31.2. The van der Waals surface area contributed by atoms with Crippen molar-refractivity contribution in [2.45, 2.75) is 25.9 Å². The molecular formula is C34H33Cl2FN4O4. The molecule has 3 aromatic carbocycles. The molecule has 3 heterocycles. The number of anilines is 2. The van der Waals surface area contributed by atoms with E-state index in [1.165, 1.54) is 31.2 Å². The monoisotopic (exact) mass is 650 g/mol. The van der Waals surface area contributed by atoms with Gasteiger partial charge in [-0.25, -0.2) is 4.39 Å². The van der Waals surface area contributed by atoms with Crippen LogP contribution in [-0.4, -0.2) is 56.4 Å². The minimum Gasteiger partial charge on any atom is -0.493 e. The molecule has 11 heteroatoms. The second-order valence-corrected chi connectivity index (χ2v) is 12.3. The Kier molecular flexibility index (Phi) is 9.47. The van der Waals surface area contributed by atoms with Crippen LogP contribution in [0, 0.1) is 22.6 Å². The normalized spacial score (nSPS) is 15.8. The molecule has 8 nitrogen and oxygen atoms in total. The van der Waals surface area contributed by atoms with Gasteiger partial charge in [0, 0.05) is 35.7 Å². The van der Waals surface area contributed by atoms with Crippen molar-refractivity contribution in [2.24, 2.45) is 5.41 Å². The SMILES string of the molecule is COc1cc2c(Nc3cc(OCc4cccc(F)c4)c(Cl)cc3Cl)c(C#N)cnc2cc1OCCCN1CCC2(CC1)COC2. The summed E-state index contributed by atoms with van der Waals surface area (Å²) in [5.41, 5.74) is 2.96. The fourth-order valence-corrected chi connectivity index (χ4v) is 6.24. The first-order valence-electron chi connectivity index (χ1n) is 14.8. The summed E-state index contributed by atoms with van der Waals surface area (Å²) < 4.78 is 36.8. The minimum absolute atomic E-state index is 0.105. The van der Waals surface area contributed by atoms with Crippen molar-refractivity contribution in [1.82, 2.24) is 9.88 Å². The molecule has 0 unspecified atom stereocenters. The smallest absolute Gasteiger partial charge is 0.163 e. The van der Waals surface area contributed by atoms with Gasteiger partial charge in [-0.2, -0.15) is 5.26 Å². The van der Waals surface area contributed by atoms with Gasteiger partial charge in [0.25, 0.3) is 0 Å². The number of hydrogen-bond donors (Lipinski definition) is 1. The number of nitrogens with one attached hydrogen (secondary N) is 1. The van der Waals surface area contributed by atoms with Crippen molar-refractivity contribution in [2.75, 3.05) is 51.9 Å². The van der Waals surface area contributed by atoms with E-state index in [4.69, 9.17) is 42.1 Å². The number of hydrogen-bond acceptors (Lipinski definition) is 8. The van der Waals surface area contributed by atoms with Gasteiger partial charge in [0.05, 0.1) is 59.4 Å². The third-order valence-electron chi connectivity index (χ3n) is 8.45. The zero-order valence-corrected chi connectivity index (χ0v) is 26.4. The van der Waals surface area contributed by atoms with Gasteiger partial charge in [-0.15, -0.1) is 0 Å². The first-order valence-corrected chi connectivity index (χ1v) is 15.6. The van der Waals surface area contributed by atoms with Crippen molar-refractivity contribution in [3.63, 3.8) is 0 Å². The van der Waals surface area contributed by atoms with Gasteiger partial charge >= 0.3 is 0 Å². The number of methoxy groups -OCH3 is 1. The molecule has 2 saturated heterocycles. The number of halogens is 3. The van der Waals surface area contributed by atoms with Crippen LogP contribution in [0.2, 0.25) is 10.0 Å². The van der Waals surface area contributed by atoms with Gasteiger partial charge in [-0.1, -0.05) is 35.3 Å². The Morgan fingerprint density at radius 3 is 2.58 bits per heavy atom. The van der Waals surface area contributed by atoms with Crippen molar-refractivity contribution in [3.8, 4) is 23.3 Å². The summed E-state index contributed by atoms with van der Waals surface area (Å²) in [6, 6.07) is 15.2. The summed E-state index contributed by atoms with van der Waals surface area (Å²) in [7, 11) is 1.58. The standard InChI is InChI=1S/C34H33Cl2FN4O4/c1-42-31-13-25-28(15-32(31)44-11-3-8-41-9-6-34(7-10-41)20-43-21-34)39-18-23(17-38)33(25)40-29-16-30(27(36)14-26(29)35)45-19-22-4-2-5-24(37)12-22/h2,4-5,12-16,18H,3,6-11,19-21H2,1H3,(H,39,40). The van der Waals surface area contributed by atoms with E-state index in [2.05, 4.69) is 21.3 Å². The van der Waals surface area contributed by atoms with E-state index in [0.717, 1.165) is 39.3 Å². The average molecular weight is 652 g/mol. The molecule has 2 aliphatic heterocycles. The van der Waals surface area contributed by atoms with Crippen molar-refractivity contribution >= 4 is 45.5 Å². The second-order valence-electron chi connectivity index (χ2n) is 11.5. The summed E-state index contributed by atoms with van der Waals surface area (Å²) in [5.74, 6) is 1.09. The third kappa shape index (κ3) is 7.05. The van der Waals surface area contributed by atoms with Crippen LogP contribution in [0.3, 0.4) is 0 Å². The van der Waals surface area contributed by atoms with Crippen LogP contribution in [-0.2, 0) is 11.3 Å². The predicted octanol–water partition coefficient (Wildman–Crippen LogP) is 7.76. The predicted molar refractivity (Wildman–Crippen MR) is 173 cm³/mol. The van der Waals surface area contributed by atoms with E-state index in [-0.39, 0.29) is 12.4 Å². The maximum absolute atomic E-state index is 13.6. The number of likely N-dealkylation sites (tertiary alicyclic amines) is 1. The van der Waals surface area contributed by atoms with E-state index >= 15 is 0 Å². The topological polar surface area (TPSA) is 88.9 Å². The highest BCUT2D eigenvalue weighted by Crippen LogP contribution is 2.41. The van der Waals surface area contributed by atoms with E-state index in [9.17, 15) is 9.65 Å². The maximum Gasteiger partial charge on any atom is 0.163 e. The molecule has 45 heavy (non-hydrogen) atoms. The highest BCUT2D eigenvalue weighted by molar-refractivity contribution is 6.37. The molecule has 6 rings (SSSR count). The van der Waals surface area contributed by atoms with Crippen LogP contribution in [0.15, 0.2) is 54.7 Å².